The maximum absolute atomic E-state index is 5.08. The first kappa shape index (κ1) is 14.9. The highest BCUT2D eigenvalue weighted by Gasteiger charge is 2.06. The van der Waals surface area contributed by atoms with Crippen LogP contribution in [0.1, 0.15) is 25.3 Å². The molecule has 1 aromatic heterocycles. The van der Waals surface area contributed by atoms with E-state index in [1.165, 1.54) is 11.3 Å². The fourth-order valence-electron chi connectivity index (χ4n) is 1.87. The van der Waals surface area contributed by atoms with Crippen molar-refractivity contribution in [3.05, 3.63) is 24.0 Å². The van der Waals surface area contributed by atoms with Crippen LogP contribution in [0.4, 0.5) is 5.69 Å². The fourth-order valence-corrected chi connectivity index (χ4v) is 1.87. The number of anilines is 1. The summed E-state index contributed by atoms with van der Waals surface area (Å²) < 4.78 is 5.08. The van der Waals surface area contributed by atoms with E-state index >= 15 is 0 Å². The van der Waals surface area contributed by atoms with Gasteiger partial charge in [-0.15, -0.1) is 0 Å². The maximum Gasteiger partial charge on any atom is 0.0595 e. The largest absolute Gasteiger partial charge is 0.385 e. The van der Waals surface area contributed by atoms with Crippen molar-refractivity contribution in [3.63, 3.8) is 0 Å². The number of ether oxygens (including phenoxy) is 1. The Morgan fingerprint density at radius 1 is 1.44 bits per heavy atom. The maximum atomic E-state index is 5.08. The summed E-state index contributed by atoms with van der Waals surface area (Å²) in [6.45, 7) is 5.92. The molecule has 4 heteroatoms. The molecule has 0 aliphatic carbocycles. The van der Waals surface area contributed by atoms with Gasteiger partial charge < -0.3 is 15.0 Å². The first-order chi connectivity index (χ1) is 8.79. The molecule has 0 radical (unpaired) electrons. The summed E-state index contributed by atoms with van der Waals surface area (Å²) >= 11 is 0. The molecule has 0 aliphatic rings. The van der Waals surface area contributed by atoms with Gasteiger partial charge in [-0.25, -0.2) is 0 Å². The summed E-state index contributed by atoms with van der Waals surface area (Å²) in [4.78, 5) is 6.47. The minimum absolute atomic E-state index is 0.800. The van der Waals surface area contributed by atoms with Crippen LogP contribution in [0, 0.1) is 0 Å². The van der Waals surface area contributed by atoms with Gasteiger partial charge >= 0.3 is 0 Å². The second-order valence-corrected chi connectivity index (χ2v) is 4.45. The highest BCUT2D eigenvalue weighted by Crippen LogP contribution is 2.17. The van der Waals surface area contributed by atoms with Crippen molar-refractivity contribution in [2.45, 2.75) is 26.3 Å². The van der Waals surface area contributed by atoms with E-state index < -0.39 is 0 Å². The number of methoxy groups -OCH3 is 1. The molecular weight excluding hydrogens is 226 g/mol. The smallest absolute Gasteiger partial charge is 0.0595 e. The van der Waals surface area contributed by atoms with Crippen LogP contribution in [0.2, 0.25) is 0 Å². The number of nitrogens with zero attached hydrogens (tertiary/aromatic N) is 2. The predicted molar refractivity (Wildman–Crippen MR) is 76.0 cm³/mol. The Hall–Kier alpha value is -1.13. The molecule has 0 aromatic carbocycles. The zero-order chi connectivity index (χ0) is 13.2. The van der Waals surface area contributed by atoms with Crippen molar-refractivity contribution in [1.29, 1.82) is 0 Å². The molecule has 0 unspecified atom stereocenters. The second kappa shape index (κ2) is 8.89. The lowest BCUT2D eigenvalue weighted by molar-refractivity contribution is 0.196. The zero-order valence-corrected chi connectivity index (χ0v) is 11.8. The average molecular weight is 251 g/mol. The number of nitrogens with one attached hydrogen (secondary N) is 1. The molecule has 102 valence electrons. The van der Waals surface area contributed by atoms with Gasteiger partial charge in [0.05, 0.1) is 11.9 Å². The average Bonchev–Trinajstić information content (AvgIpc) is 2.40. The number of aromatic nitrogens is 1. The molecule has 0 amide bonds. The number of rotatable bonds is 9. The van der Waals surface area contributed by atoms with Crippen molar-refractivity contribution in [3.8, 4) is 0 Å². The van der Waals surface area contributed by atoms with Gasteiger partial charge in [0.1, 0.15) is 0 Å². The molecule has 4 nitrogen and oxygen atoms in total. The Bertz CT molecular complexity index is 331. The summed E-state index contributed by atoms with van der Waals surface area (Å²) in [5, 5.41) is 3.43. The highest BCUT2D eigenvalue weighted by atomic mass is 16.5. The van der Waals surface area contributed by atoms with Crippen LogP contribution in [0.15, 0.2) is 18.5 Å². The topological polar surface area (TPSA) is 37.4 Å². The molecule has 1 N–H and O–H groups in total. The van der Waals surface area contributed by atoms with E-state index in [1.54, 1.807) is 7.11 Å². The monoisotopic (exact) mass is 251 g/mol. The molecule has 0 aliphatic heterocycles. The van der Waals surface area contributed by atoms with E-state index in [2.05, 4.69) is 35.2 Å². The summed E-state index contributed by atoms with van der Waals surface area (Å²) in [7, 11) is 3.85. The molecule has 1 aromatic rings. The number of hydrogen-bond acceptors (Lipinski definition) is 4. The van der Waals surface area contributed by atoms with Crippen molar-refractivity contribution in [2.24, 2.45) is 0 Å². The predicted octanol–water partition coefficient (Wildman–Crippen LogP) is 2.05. The van der Waals surface area contributed by atoms with Crippen LogP contribution < -0.4 is 10.2 Å². The van der Waals surface area contributed by atoms with Crippen molar-refractivity contribution in [2.75, 3.05) is 38.8 Å². The molecule has 0 bridgehead atoms. The minimum atomic E-state index is 0.800. The second-order valence-electron chi connectivity index (χ2n) is 4.45. The van der Waals surface area contributed by atoms with Crippen LogP contribution in [-0.4, -0.2) is 38.8 Å². The third kappa shape index (κ3) is 5.02. The minimum Gasteiger partial charge on any atom is -0.385 e. The van der Waals surface area contributed by atoms with Crippen LogP contribution >= 0.6 is 0 Å². The molecule has 0 fully saturated rings. The van der Waals surface area contributed by atoms with Gasteiger partial charge in [-0.1, -0.05) is 6.92 Å². The van der Waals surface area contributed by atoms with Gasteiger partial charge in [-0.2, -0.15) is 0 Å². The van der Waals surface area contributed by atoms with Crippen LogP contribution in [0.3, 0.4) is 0 Å². The Kier molecular flexibility index (Phi) is 7.37. The fraction of sp³-hybridized carbons (Fsp3) is 0.643. The first-order valence-electron chi connectivity index (χ1n) is 6.63. The molecule has 0 spiro atoms. The third-order valence-electron chi connectivity index (χ3n) is 2.88. The number of hydrogen-bond donors (Lipinski definition) is 1. The lowest BCUT2D eigenvalue weighted by atomic mass is 10.2. The van der Waals surface area contributed by atoms with Gasteiger partial charge in [0.2, 0.25) is 0 Å². The van der Waals surface area contributed by atoms with Crippen molar-refractivity contribution in [1.82, 2.24) is 10.3 Å². The summed E-state index contributed by atoms with van der Waals surface area (Å²) in [6, 6.07) is 2.09. The van der Waals surface area contributed by atoms with E-state index in [1.807, 2.05) is 12.4 Å². The quantitative estimate of drug-likeness (QED) is 0.682. The summed E-state index contributed by atoms with van der Waals surface area (Å²) in [6.07, 6.45) is 5.99. The van der Waals surface area contributed by atoms with Crippen LogP contribution in [0.25, 0.3) is 0 Å². The summed E-state index contributed by atoms with van der Waals surface area (Å²) in [5.41, 5.74) is 2.51. The van der Waals surface area contributed by atoms with Gasteiger partial charge in [0, 0.05) is 40.1 Å². The molecule has 0 saturated heterocycles. The van der Waals surface area contributed by atoms with Gasteiger partial charge in [-0.3, -0.25) is 4.98 Å². The molecule has 0 saturated carbocycles. The molecule has 1 rings (SSSR count). The standard InChI is InChI=1S/C14H25N3O/c1-4-7-15-11-13-6-8-16-12-14(13)17(2)9-5-10-18-3/h6,8,12,15H,4-5,7,9-11H2,1-3H3. The lowest BCUT2D eigenvalue weighted by Crippen LogP contribution is -2.23. The van der Waals surface area contributed by atoms with Crippen molar-refractivity contribution < 1.29 is 4.74 Å². The first-order valence-corrected chi connectivity index (χ1v) is 6.63. The Morgan fingerprint density at radius 3 is 3.00 bits per heavy atom. The van der Waals surface area contributed by atoms with E-state index in [4.69, 9.17) is 4.74 Å². The van der Waals surface area contributed by atoms with E-state index in [0.717, 1.165) is 39.1 Å². The summed E-state index contributed by atoms with van der Waals surface area (Å²) in [5.74, 6) is 0. The van der Waals surface area contributed by atoms with Gasteiger partial charge in [0.15, 0.2) is 0 Å². The van der Waals surface area contributed by atoms with E-state index in [0.29, 0.717) is 0 Å². The van der Waals surface area contributed by atoms with E-state index in [9.17, 15) is 0 Å². The Labute approximate surface area is 110 Å². The zero-order valence-electron chi connectivity index (χ0n) is 11.8. The van der Waals surface area contributed by atoms with Crippen LogP contribution in [0.5, 0.6) is 0 Å². The molecule has 1 heterocycles. The van der Waals surface area contributed by atoms with Crippen LogP contribution in [-0.2, 0) is 11.3 Å². The Morgan fingerprint density at radius 2 is 2.28 bits per heavy atom. The van der Waals surface area contributed by atoms with Crippen molar-refractivity contribution >= 4 is 5.69 Å². The number of pyridine rings is 1. The third-order valence-corrected chi connectivity index (χ3v) is 2.88. The molecular formula is C14H25N3O. The normalized spacial score (nSPS) is 10.6. The highest BCUT2D eigenvalue weighted by molar-refractivity contribution is 5.50. The van der Waals surface area contributed by atoms with E-state index in [-0.39, 0.29) is 0 Å². The van der Waals surface area contributed by atoms with Gasteiger partial charge in [0.25, 0.3) is 0 Å². The lowest BCUT2D eigenvalue weighted by Gasteiger charge is -2.22. The van der Waals surface area contributed by atoms with Gasteiger partial charge in [-0.05, 0) is 31.0 Å². The molecule has 18 heavy (non-hydrogen) atoms. The SMILES string of the molecule is CCCNCc1ccncc1N(C)CCCOC. The molecule has 0 atom stereocenters. The Balaban J connectivity index is 2.56.